The van der Waals surface area contributed by atoms with E-state index in [4.69, 9.17) is 16.2 Å². The minimum absolute atomic E-state index is 0.0413. The van der Waals surface area contributed by atoms with E-state index in [1.165, 1.54) is 6.92 Å². The fourth-order valence-corrected chi connectivity index (χ4v) is 4.25. The van der Waals surface area contributed by atoms with Crippen molar-refractivity contribution in [3.05, 3.63) is 95.6 Å². The van der Waals surface area contributed by atoms with Crippen LogP contribution < -0.4 is 32.7 Å². The Morgan fingerprint density at radius 3 is 1.98 bits per heavy atom. The Hall–Kier alpha value is -4.74. The van der Waals surface area contributed by atoms with Crippen molar-refractivity contribution < 1.29 is 23.9 Å². The molecule has 0 unspecified atom stereocenters. The zero-order chi connectivity index (χ0) is 31.9. The summed E-state index contributed by atoms with van der Waals surface area (Å²) in [6, 6.07) is 20.9. The van der Waals surface area contributed by atoms with Crippen LogP contribution in [0.3, 0.4) is 0 Å². The first-order valence-electron chi connectivity index (χ1n) is 14.6. The van der Waals surface area contributed by atoms with Gasteiger partial charge in [-0.25, -0.2) is 4.79 Å². The Bertz CT molecular complexity index is 1360. The molecule has 0 aliphatic carbocycles. The second-order valence-corrected chi connectivity index (χ2v) is 10.6. The molecular formula is C33H42N6O5. The van der Waals surface area contributed by atoms with Crippen LogP contribution in [0.2, 0.25) is 0 Å². The van der Waals surface area contributed by atoms with Crippen molar-refractivity contribution in [3.63, 3.8) is 0 Å². The molecule has 0 aromatic heterocycles. The molecule has 11 heteroatoms. The largest absolute Gasteiger partial charge is 0.444 e. The van der Waals surface area contributed by atoms with Crippen LogP contribution in [0, 0.1) is 6.92 Å². The number of unbranched alkanes of at least 4 members (excludes halogenated alkanes) is 1. The van der Waals surface area contributed by atoms with E-state index in [1.54, 1.807) is 36.4 Å². The maximum Gasteiger partial charge on any atom is 0.411 e. The lowest BCUT2D eigenvalue weighted by atomic mass is 10.0. The predicted octanol–water partition coefficient (Wildman–Crippen LogP) is 3.37. The standard InChI is InChI=1S/C33H42N6O5/c1-22-11-15-27(16-12-22)37-33(43)44-21-25-13-17-26(18-14-25)36-31(41)28(10-6-7-19-34)38-32(42)29(39-30(40)23(2)35)20-24-8-4-3-5-9-24/h3-5,8-9,11-18,23,28-29H,6-7,10,19-21,34-35H2,1-2H3,(H,36,41)(H,37,43)(H,38,42)(H,39,40)/t23-,28+,29+/m1/s1. The van der Waals surface area contributed by atoms with E-state index in [9.17, 15) is 19.2 Å². The van der Waals surface area contributed by atoms with Gasteiger partial charge < -0.3 is 32.2 Å². The summed E-state index contributed by atoms with van der Waals surface area (Å²) in [7, 11) is 0. The number of hydrogen-bond acceptors (Lipinski definition) is 7. The number of nitrogens with one attached hydrogen (secondary N) is 4. The van der Waals surface area contributed by atoms with Gasteiger partial charge in [0.15, 0.2) is 0 Å². The SMILES string of the molecule is Cc1ccc(NC(=O)OCc2ccc(NC(=O)[C@H](CCCCN)NC(=O)[C@H](Cc3ccccc3)NC(=O)[C@@H](C)N)cc2)cc1. The Morgan fingerprint density at radius 2 is 1.34 bits per heavy atom. The first-order chi connectivity index (χ1) is 21.1. The van der Waals surface area contributed by atoms with Gasteiger partial charge in [0.2, 0.25) is 17.7 Å². The van der Waals surface area contributed by atoms with Crippen molar-refractivity contribution in [1.82, 2.24) is 10.6 Å². The third-order valence-corrected chi connectivity index (χ3v) is 6.80. The first kappa shape index (κ1) is 33.8. The number of amides is 4. The quantitative estimate of drug-likeness (QED) is 0.144. The summed E-state index contributed by atoms with van der Waals surface area (Å²) in [6.07, 6.45) is 1.31. The summed E-state index contributed by atoms with van der Waals surface area (Å²) in [4.78, 5) is 51.2. The molecule has 3 aromatic carbocycles. The summed E-state index contributed by atoms with van der Waals surface area (Å²) in [5.41, 5.74) is 15.2. The molecule has 0 radical (unpaired) electrons. The molecule has 0 saturated carbocycles. The number of ether oxygens (including phenoxy) is 1. The van der Waals surface area contributed by atoms with Crippen molar-refractivity contribution in [3.8, 4) is 0 Å². The molecule has 44 heavy (non-hydrogen) atoms. The zero-order valence-corrected chi connectivity index (χ0v) is 25.2. The van der Waals surface area contributed by atoms with E-state index in [-0.39, 0.29) is 13.0 Å². The Kier molecular flexibility index (Phi) is 13.3. The fourth-order valence-electron chi connectivity index (χ4n) is 4.25. The van der Waals surface area contributed by atoms with Crippen molar-refractivity contribution in [1.29, 1.82) is 0 Å². The third kappa shape index (κ3) is 11.5. The average molecular weight is 603 g/mol. The van der Waals surface area contributed by atoms with E-state index in [2.05, 4.69) is 21.3 Å². The van der Waals surface area contributed by atoms with E-state index < -0.39 is 41.9 Å². The molecule has 8 N–H and O–H groups in total. The Labute approximate surface area is 258 Å². The fraction of sp³-hybridized carbons (Fsp3) is 0.333. The van der Waals surface area contributed by atoms with Crippen LogP contribution >= 0.6 is 0 Å². The molecule has 3 aromatic rings. The monoisotopic (exact) mass is 602 g/mol. The van der Waals surface area contributed by atoms with E-state index in [0.717, 1.165) is 16.7 Å². The van der Waals surface area contributed by atoms with Crippen molar-refractivity contribution in [2.45, 2.75) is 64.3 Å². The Balaban J connectivity index is 1.61. The van der Waals surface area contributed by atoms with Crippen molar-refractivity contribution >= 4 is 35.2 Å². The highest BCUT2D eigenvalue weighted by Crippen LogP contribution is 2.14. The summed E-state index contributed by atoms with van der Waals surface area (Å²) in [5.74, 6) is -1.37. The maximum atomic E-state index is 13.4. The van der Waals surface area contributed by atoms with E-state index in [1.807, 2.05) is 49.4 Å². The third-order valence-electron chi connectivity index (χ3n) is 6.80. The van der Waals surface area contributed by atoms with Crippen molar-refractivity contribution in [2.75, 3.05) is 17.2 Å². The average Bonchev–Trinajstić information content (AvgIpc) is 3.01. The highest BCUT2D eigenvalue weighted by atomic mass is 16.5. The number of rotatable bonds is 15. The zero-order valence-electron chi connectivity index (χ0n) is 25.2. The van der Waals surface area contributed by atoms with Gasteiger partial charge in [-0.1, -0.05) is 60.2 Å². The summed E-state index contributed by atoms with van der Waals surface area (Å²) < 4.78 is 5.29. The first-order valence-corrected chi connectivity index (χ1v) is 14.6. The predicted molar refractivity (Wildman–Crippen MR) is 171 cm³/mol. The van der Waals surface area contributed by atoms with E-state index in [0.29, 0.717) is 37.2 Å². The van der Waals surface area contributed by atoms with Gasteiger partial charge in [-0.15, -0.1) is 0 Å². The smallest absolute Gasteiger partial charge is 0.411 e. The van der Waals surface area contributed by atoms with Crippen LogP contribution in [-0.2, 0) is 32.1 Å². The maximum absolute atomic E-state index is 13.4. The van der Waals surface area contributed by atoms with Gasteiger partial charge >= 0.3 is 6.09 Å². The molecule has 3 rings (SSSR count). The second-order valence-electron chi connectivity index (χ2n) is 10.6. The van der Waals surface area contributed by atoms with Crippen molar-refractivity contribution in [2.24, 2.45) is 11.5 Å². The highest BCUT2D eigenvalue weighted by Gasteiger charge is 2.27. The molecule has 234 valence electrons. The minimum atomic E-state index is -0.928. The van der Waals surface area contributed by atoms with E-state index >= 15 is 0 Å². The molecule has 0 aliphatic heterocycles. The molecule has 0 fully saturated rings. The lowest BCUT2D eigenvalue weighted by Gasteiger charge is -2.24. The Morgan fingerprint density at radius 1 is 0.727 bits per heavy atom. The number of aryl methyl sites for hydroxylation is 1. The molecule has 11 nitrogen and oxygen atoms in total. The van der Waals surface area contributed by atoms with Crippen LogP contribution in [0.4, 0.5) is 16.2 Å². The topological polar surface area (TPSA) is 178 Å². The highest BCUT2D eigenvalue weighted by molar-refractivity contribution is 5.98. The van der Waals surface area contributed by atoms with Gasteiger partial charge in [0.1, 0.15) is 18.7 Å². The molecule has 0 spiro atoms. The number of carbonyl (C=O) groups excluding carboxylic acids is 4. The number of nitrogens with two attached hydrogens (primary N) is 2. The normalized spacial score (nSPS) is 12.7. The van der Waals surface area contributed by atoms with Gasteiger partial charge in [0.05, 0.1) is 6.04 Å². The lowest BCUT2D eigenvalue weighted by Crippen LogP contribution is -2.55. The molecular weight excluding hydrogens is 560 g/mol. The number of carbonyl (C=O) groups is 4. The van der Waals surface area contributed by atoms with Gasteiger partial charge in [0.25, 0.3) is 0 Å². The lowest BCUT2D eigenvalue weighted by molar-refractivity contribution is -0.131. The number of benzene rings is 3. The minimum Gasteiger partial charge on any atom is -0.444 e. The van der Waals surface area contributed by atoms with Crippen LogP contribution in [0.25, 0.3) is 0 Å². The number of anilines is 2. The van der Waals surface area contributed by atoms with Gasteiger partial charge in [-0.2, -0.15) is 0 Å². The van der Waals surface area contributed by atoms with Gasteiger partial charge in [-0.3, -0.25) is 19.7 Å². The van der Waals surface area contributed by atoms with Crippen LogP contribution in [0.15, 0.2) is 78.9 Å². The summed E-state index contributed by atoms with van der Waals surface area (Å²) in [5, 5.41) is 11.0. The van der Waals surface area contributed by atoms with Crippen LogP contribution in [0.5, 0.6) is 0 Å². The molecule has 4 amide bonds. The summed E-state index contributed by atoms with van der Waals surface area (Å²) in [6.45, 7) is 3.99. The van der Waals surface area contributed by atoms with Crippen LogP contribution in [0.1, 0.15) is 42.9 Å². The molecule has 0 aliphatic rings. The molecule has 3 atom stereocenters. The van der Waals surface area contributed by atoms with Crippen LogP contribution in [-0.4, -0.2) is 48.5 Å². The summed E-state index contributed by atoms with van der Waals surface area (Å²) >= 11 is 0. The second kappa shape index (κ2) is 17.4. The van der Waals surface area contributed by atoms with Gasteiger partial charge in [0, 0.05) is 17.8 Å². The molecule has 0 heterocycles. The van der Waals surface area contributed by atoms with Gasteiger partial charge in [-0.05, 0) is 75.0 Å². The molecule has 0 saturated heterocycles. The number of hydrogen-bond donors (Lipinski definition) is 6. The molecule has 0 bridgehead atoms.